The van der Waals surface area contributed by atoms with Crippen molar-refractivity contribution in [3.63, 3.8) is 0 Å². The maximum Gasteiger partial charge on any atom is 0.352 e. The number of nitrogens with zero attached hydrogens (tertiary/aromatic N) is 2. The number of hydrogen-bond donors (Lipinski definition) is 1. The van der Waals surface area contributed by atoms with Crippen molar-refractivity contribution in [3.8, 4) is 0 Å². The van der Waals surface area contributed by atoms with Crippen LogP contribution < -0.4 is 0 Å². The average Bonchev–Trinajstić information content (AvgIpc) is 2.91. The van der Waals surface area contributed by atoms with Crippen molar-refractivity contribution < 1.29 is 24.2 Å². The number of aryl methyl sites for hydroxylation is 1. The van der Waals surface area contributed by atoms with Crippen molar-refractivity contribution in [2.24, 2.45) is 0 Å². The third-order valence-corrected chi connectivity index (χ3v) is 7.65. The van der Waals surface area contributed by atoms with Gasteiger partial charge in [0.15, 0.2) is 4.34 Å². The Bertz CT molecular complexity index is 789. The number of β-lactam (4-membered cyclic amide) rings is 1. The molecule has 1 atom stereocenters. The van der Waals surface area contributed by atoms with Gasteiger partial charge in [-0.2, -0.15) is 0 Å². The lowest BCUT2D eigenvalue weighted by atomic mass is 10.1. The fourth-order valence-corrected chi connectivity index (χ4v) is 6.33. The van der Waals surface area contributed by atoms with Gasteiger partial charge in [0.05, 0.1) is 30.5 Å². The minimum Gasteiger partial charge on any atom is -0.477 e. The van der Waals surface area contributed by atoms with Gasteiger partial charge in [0.2, 0.25) is 5.91 Å². The van der Waals surface area contributed by atoms with Crippen LogP contribution >= 0.6 is 34.9 Å². The van der Waals surface area contributed by atoms with Gasteiger partial charge in [-0.3, -0.25) is 14.5 Å². The molecule has 0 unspecified atom stereocenters. The van der Waals surface area contributed by atoms with Crippen LogP contribution in [0.4, 0.5) is 0 Å². The van der Waals surface area contributed by atoms with Crippen molar-refractivity contribution in [2.45, 2.75) is 36.4 Å². The van der Waals surface area contributed by atoms with Crippen LogP contribution in [0.15, 0.2) is 15.6 Å². The molecule has 0 radical (unpaired) electrons. The molecule has 2 aliphatic heterocycles. The molecule has 1 aromatic heterocycles. The molecule has 140 valence electrons. The molecule has 2 aliphatic rings. The monoisotopic (exact) mass is 414 g/mol. The second kappa shape index (κ2) is 8.01. The third kappa shape index (κ3) is 3.91. The zero-order chi connectivity index (χ0) is 18.8. The Labute approximate surface area is 163 Å². The summed E-state index contributed by atoms with van der Waals surface area (Å²) < 4.78 is 5.74. The fraction of sp³-hybridized carbons (Fsp3) is 0.500. The van der Waals surface area contributed by atoms with E-state index in [1.807, 2.05) is 6.92 Å². The van der Waals surface area contributed by atoms with Crippen LogP contribution in [0.1, 0.15) is 23.9 Å². The summed E-state index contributed by atoms with van der Waals surface area (Å²) in [6.45, 7) is 3.96. The molecule has 0 spiro atoms. The minimum atomic E-state index is -1.06. The van der Waals surface area contributed by atoms with Gasteiger partial charge in [-0.1, -0.05) is 11.8 Å². The van der Waals surface area contributed by atoms with E-state index in [1.54, 1.807) is 18.7 Å². The second-order valence-corrected chi connectivity index (χ2v) is 9.22. The number of fused-ring (bicyclic) bond motifs is 1. The molecule has 3 rings (SSSR count). The Morgan fingerprint density at radius 2 is 2.23 bits per heavy atom. The molecule has 0 bridgehead atoms. The van der Waals surface area contributed by atoms with Crippen LogP contribution in [-0.2, 0) is 25.5 Å². The van der Waals surface area contributed by atoms with Crippen LogP contribution in [-0.4, -0.2) is 56.3 Å². The van der Waals surface area contributed by atoms with Crippen LogP contribution in [0.3, 0.4) is 0 Å². The number of rotatable bonds is 7. The number of thiazole rings is 1. The lowest BCUT2D eigenvalue weighted by Crippen LogP contribution is -2.54. The van der Waals surface area contributed by atoms with E-state index in [-0.39, 0.29) is 29.4 Å². The number of carbonyl (C=O) groups excluding carboxylic acids is 2. The van der Waals surface area contributed by atoms with Gasteiger partial charge in [-0.25, -0.2) is 9.78 Å². The molecule has 1 N–H and O–H groups in total. The molecule has 26 heavy (non-hydrogen) atoms. The van der Waals surface area contributed by atoms with Gasteiger partial charge in [0.25, 0.3) is 0 Å². The number of thioether (sulfide) groups is 2. The lowest BCUT2D eigenvalue weighted by molar-refractivity contribution is -0.146. The second-order valence-electron chi connectivity index (χ2n) is 5.75. The zero-order valence-corrected chi connectivity index (χ0v) is 16.8. The standard InChI is InChI=1S/C16H18N2O5S3/c1-3-23-13(20)4-10-8(2)17-16(26-10)25-7-9-6-24-12-5-11(19)18(12)14(9)15(21)22/h12H,3-7H2,1-2H3,(H,21,22)/t12-/m0/s1. The number of amides is 1. The maximum atomic E-state index is 11.8. The van der Waals surface area contributed by atoms with E-state index in [4.69, 9.17) is 4.74 Å². The fourth-order valence-electron chi connectivity index (χ4n) is 2.71. The van der Waals surface area contributed by atoms with Crippen molar-refractivity contribution in [1.29, 1.82) is 0 Å². The topological polar surface area (TPSA) is 96.8 Å². The molecule has 1 saturated heterocycles. The summed E-state index contributed by atoms with van der Waals surface area (Å²) in [7, 11) is 0. The number of carbonyl (C=O) groups is 3. The van der Waals surface area contributed by atoms with Crippen LogP contribution in [0.25, 0.3) is 0 Å². The van der Waals surface area contributed by atoms with Crippen LogP contribution in [0.5, 0.6) is 0 Å². The quantitative estimate of drug-likeness (QED) is 0.412. The summed E-state index contributed by atoms with van der Waals surface area (Å²) in [4.78, 5) is 41.7. The molecule has 7 nitrogen and oxygen atoms in total. The molecule has 1 fully saturated rings. The van der Waals surface area contributed by atoms with Crippen molar-refractivity contribution in [1.82, 2.24) is 9.88 Å². The first-order valence-corrected chi connectivity index (χ1v) is 10.9. The number of esters is 1. The highest BCUT2D eigenvalue weighted by molar-refractivity contribution is 8.01. The highest BCUT2D eigenvalue weighted by Gasteiger charge is 2.45. The van der Waals surface area contributed by atoms with E-state index in [1.165, 1.54) is 28.0 Å². The predicted molar refractivity (Wildman–Crippen MR) is 100 cm³/mol. The summed E-state index contributed by atoms with van der Waals surface area (Å²) in [5.74, 6) is -0.418. The SMILES string of the molecule is CCOC(=O)Cc1sc(SCC2=C(C(=O)O)N3C(=O)C[C@@H]3SC2)nc1C. The Balaban J connectivity index is 1.70. The molecule has 3 heterocycles. The number of aliphatic carboxylic acids is 1. The van der Waals surface area contributed by atoms with Gasteiger partial charge in [0, 0.05) is 16.4 Å². The molecular weight excluding hydrogens is 396 g/mol. The first kappa shape index (κ1) is 19.2. The van der Waals surface area contributed by atoms with Gasteiger partial charge in [-0.05, 0) is 19.4 Å². The lowest BCUT2D eigenvalue weighted by Gasteiger charge is -2.43. The smallest absolute Gasteiger partial charge is 0.352 e. The van der Waals surface area contributed by atoms with Crippen molar-refractivity contribution >= 4 is 52.7 Å². The number of carboxylic acids is 1. The summed E-state index contributed by atoms with van der Waals surface area (Å²) in [5.41, 5.74) is 1.64. The molecule has 1 aromatic rings. The van der Waals surface area contributed by atoms with E-state index in [0.29, 0.717) is 24.5 Å². The normalized spacial score (nSPS) is 19.2. The number of carboxylic acid groups (broad SMARTS) is 1. The number of hydrogen-bond acceptors (Lipinski definition) is 8. The molecule has 0 aromatic carbocycles. The largest absolute Gasteiger partial charge is 0.477 e. The van der Waals surface area contributed by atoms with Crippen molar-refractivity contribution in [3.05, 3.63) is 21.8 Å². The van der Waals surface area contributed by atoms with Crippen molar-refractivity contribution in [2.75, 3.05) is 18.1 Å². The van der Waals surface area contributed by atoms with Gasteiger partial charge in [0.1, 0.15) is 5.70 Å². The molecular formula is C16H18N2O5S3. The number of aromatic nitrogens is 1. The first-order valence-electron chi connectivity index (χ1n) is 8.04. The minimum absolute atomic E-state index is 0.0411. The van der Waals surface area contributed by atoms with Crippen LogP contribution in [0.2, 0.25) is 0 Å². The van der Waals surface area contributed by atoms with Crippen LogP contribution in [0, 0.1) is 6.92 Å². The molecule has 0 saturated carbocycles. The number of ether oxygens (including phenoxy) is 1. The van der Waals surface area contributed by atoms with E-state index in [0.717, 1.165) is 20.5 Å². The van der Waals surface area contributed by atoms with E-state index < -0.39 is 5.97 Å². The maximum absolute atomic E-state index is 11.8. The Kier molecular flexibility index (Phi) is 5.93. The van der Waals surface area contributed by atoms with Gasteiger partial charge >= 0.3 is 11.9 Å². The Morgan fingerprint density at radius 3 is 2.88 bits per heavy atom. The first-order chi connectivity index (χ1) is 12.4. The van der Waals surface area contributed by atoms with E-state index in [9.17, 15) is 19.5 Å². The van der Waals surface area contributed by atoms with Gasteiger partial charge < -0.3 is 9.84 Å². The summed E-state index contributed by atoms with van der Waals surface area (Å²) in [6, 6.07) is 0. The van der Waals surface area contributed by atoms with E-state index >= 15 is 0 Å². The highest BCUT2D eigenvalue weighted by atomic mass is 32.2. The summed E-state index contributed by atoms with van der Waals surface area (Å²) >= 11 is 4.45. The Hall–Kier alpha value is -1.52. The van der Waals surface area contributed by atoms with E-state index in [2.05, 4.69) is 4.98 Å². The predicted octanol–water partition coefficient (Wildman–Crippen LogP) is 2.29. The molecule has 0 aliphatic carbocycles. The zero-order valence-electron chi connectivity index (χ0n) is 14.3. The average molecular weight is 415 g/mol. The molecule has 10 heteroatoms. The molecule has 1 amide bonds. The summed E-state index contributed by atoms with van der Waals surface area (Å²) in [5, 5.41) is 9.47. The summed E-state index contributed by atoms with van der Waals surface area (Å²) in [6.07, 6.45) is 0.603. The highest BCUT2D eigenvalue weighted by Crippen LogP contribution is 2.41. The van der Waals surface area contributed by atoms with Gasteiger partial charge in [-0.15, -0.1) is 23.1 Å². The third-order valence-electron chi connectivity index (χ3n) is 3.99. The Morgan fingerprint density at radius 1 is 1.46 bits per heavy atom.